The van der Waals surface area contributed by atoms with E-state index in [4.69, 9.17) is 5.11 Å². The van der Waals surface area contributed by atoms with Gasteiger partial charge >= 0.3 is 12.0 Å². The molecule has 2 fully saturated rings. The molecule has 1 saturated heterocycles. The summed E-state index contributed by atoms with van der Waals surface area (Å²) in [7, 11) is 1.83. The molecule has 1 N–H and O–H groups in total. The van der Waals surface area contributed by atoms with Crippen LogP contribution in [0.15, 0.2) is 0 Å². The molecule has 0 radical (unpaired) electrons. The second kappa shape index (κ2) is 6.03. The summed E-state index contributed by atoms with van der Waals surface area (Å²) in [4.78, 5) is 26.8. The van der Waals surface area contributed by atoms with Gasteiger partial charge < -0.3 is 14.9 Å². The highest BCUT2D eigenvalue weighted by Gasteiger charge is 2.36. The first-order valence-electron chi connectivity index (χ1n) is 6.80. The van der Waals surface area contributed by atoms with E-state index in [9.17, 15) is 9.59 Å². The van der Waals surface area contributed by atoms with Crippen LogP contribution in [0.2, 0.25) is 0 Å². The lowest BCUT2D eigenvalue weighted by molar-refractivity contribution is -0.138. The third-order valence-electron chi connectivity index (χ3n) is 3.99. The smallest absolute Gasteiger partial charge is 0.320 e. The van der Waals surface area contributed by atoms with Crippen molar-refractivity contribution in [1.29, 1.82) is 0 Å². The van der Waals surface area contributed by atoms with Gasteiger partial charge in [-0.15, -0.1) is 0 Å². The first-order chi connectivity index (χ1) is 8.99. The Bertz CT molecular complexity index is 364. The minimum absolute atomic E-state index is 0.00866. The van der Waals surface area contributed by atoms with E-state index in [2.05, 4.69) is 6.92 Å². The van der Waals surface area contributed by atoms with Crippen molar-refractivity contribution in [3.05, 3.63) is 0 Å². The predicted octanol–water partition coefficient (Wildman–Crippen LogP) is 1.59. The summed E-state index contributed by atoms with van der Waals surface area (Å²) < 4.78 is 0. The Labute approximate surface area is 118 Å². The number of hydrogen-bond acceptors (Lipinski definition) is 3. The normalized spacial score (nSPS) is 30.0. The molecule has 19 heavy (non-hydrogen) atoms. The van der Waals surface area contributed by atoms with Gasteiger partial charge in [0.25, 0.3) is 0 Å². The van der Waals surface area contributed by atoms with Crippen molar-refractivity contribution < 1.29 is 14.7 Å². The number of rotatable bonds is 4. The van der Waals surface area contributed by atoms with Gasteiger partial charge in [0, 0.05) is 31.6 Å². The molecule has 1 aliphatic carbocycles. The summed E-state index contributed by atoms with van der Waals surface area (Å²) in [6.45, 7) is 3.66. The van der Waals surface area contributed by atoms with Crippen LogP contribution in [0.1, 0.15) is 19.8 Å². The monoisotopic (exact) mass is 286 g/mol. The fourth-order valence-corrected chi connectivity index (χ4v) is 3.64. The Morgan fingerprint density at radius 2 is 2.16 bits per heavy atom. The van der Waals surface area contributed by atoms with Gasteiger partial charge in [0.2, 0.25) is 0 Å². The van der Waals surface area contributed by atoms with Crippen LogP contribution in [0.5, 0.6) is 0 Å². The van der Waals surface area contributed by atoms with Crippen molar-refractivity contribution in [3.63, 3.8) is 0 Å². The Hall–Kier alpha value is -0.910. The molecule has 2 aliphatic rings. The van der Waals surface area contributed by atoms with E-state index in [-0.39, 0.29) is 18.5 Å². The molecule has 3 unspecified atom stereocenters. The second-order valence-electron chi connectivity index (χ2n) is 5.66. The number of aliphatic carboxylic acids is 1. The zero-order valence-corrected chi connectivity index (χ0v) is 12.4. The number of urea groups is 1. The summed E-state index contributed by atoms with van der Waals surface area (Å²) in [5.41, 5.74) is 0. The number of amides is 2. The van der Waals surface area contributed by atoms with Gasteiger partial charge in [-0.2, -0.15) is 11.8 Å². The third kappa shape index (κ3) is 3.78. The summed E-state index contributed by atoms with van der Waals surface area (Å²) >= 11 is 1.73. The standard InChI is InChI=1S/C13H22N2O3S/c1-9-5-10(9)7-14(2)13(18)15-3-4-19-8-11(15)6-12(16)17/h9-11H,3-8H2,1-2H3,(H,16,17). The maximum absolute atomic E-state index is 12.4. The van der Waals surface area contributed by atoms with Crippen molar-refractivity contribution in [3.8, 4) is 0 Å². The maximum atomic E-state index is 12.4. The Balaban J connectivity index is 1.92. The van der Waals surface area contributed by atoms with Crippen molar-refractivity contribution in [1.82, 2.24) is 9.80 Å². The largest absolute Gasteiger partial charge is 0.481 e. The van der Waals surface area contributed by atoms with Gasteiger partial charge in [0.15, 0.2) is 0 Å². The van der Waals surface area contributed by atoms with Crippen molar-refractivity contribution in [2.24, 2.45) is 11.8 Å². The van der Waals surface area contributed by atoms with Crippen molar-refractivity contribution in [2.75, 3.05) is 31.6 Å². The van der Waals surface area contributed by atoms with Gasteiger partial charge in [-0.05, 0) is 18.3 Å². The predicted molar refractivity (Wildman–Crippen MR) is 75.4 cm³/mol. The topological polar surface area (TPSA) is 60.9 Å². The summed E-state index contributed by atoms with van der Waals surface area (Å²) in [5, 5.41) is 8.93. The average Bonchev–Trinajstić information content (AvgIpc) is 3.04. The molecule has 1 heterocycles. The summed E-state index contributed by atoms with van der Waals surface area (Å²) in [6, 6.07) is -0.173. The molecule has 2 amide bonds. The van der Waals surface area contributed by atoms with Crippen LogP contribution < -0.4 is 0 Å². The Morgan fingerprint density at radius 3 is 2.74 bits per heavy atom. The van der Waals surface area contributed by atoms with Gasteiger partial charge in [-0.25, -0.2) is 4.79 Å². The lowest BCUT2D eigenvalue weighted by atomic mass is 10.2. The quantitative estimate of drug-likeness (QED) is 0.852. The van der Waals surface area contributed by atoms with Gasteiger partial charge in [0.1, 0.15) is 0 Å². The van der Waals surface area contributed by atoms with Crippen LogP contribution in [0, 0.1) is 11.8 Å². The van der Waals surface area contributed by atoms with E-state index in [0.29, 0.717) is 12.5 Å². The molecule has 3 atom stereocenters. The Morgan fingerprint density at radius 1 is 1.47 bits per heavy atom. The lowest BCUT2D eigenvalue weighted by Crippen LogP contribution is -2.52. The number of carboxylic acid groups (broad SMARTS) is 1. The highest BCUT2D eigenvalue weighted by atomic mass is 32.2. The van der Waals surface area contributed by atoms with E-state index >= 15 is 0 Å². The minimum atomic E-state index is -0.830. The molecule has 0 bridgehead atoms. The van der Waals surface area contributed by atoms with Gasteiger partial charge in [0.05, 0.1) is 12.5 Å². The van der Waals surface area contributed by atoms with Crippen molar-refractivity contribution >= 4 is 23.8 Å². The molecule has 0 spiro atoms. The fraction of sp³-hybridized carbons (Fsp3) is 0.846. The molecular weight excluding hydrogens is 264 g/mol. The lowest BCUT2D eigenvalue weighted by Gasteiger charge is -2.37. The van der Waals surface area contributed by atoms with Crippen LogP contribution >= 0.6 is 11.8 Å². The zero-order chi connectivity index (χ0) is 14.0. The molecule has 0 aromatic heterocycles. The summed E-state index contributed by atoms with van der Waals surface area (Å²) in [5.74, 6) is 2.15. The van der Waals surface area contributed by atoms with E-state index in [1.54, 1.807) is 21.6 Å². The van der Waals surface area contributed by atoms with Gasteiger partial charge in [-0.3, -0.25) is 4.79 Å². The molecule has 1 aliphatic heterocycles. The SMILES string of the molecule is CC1CC1CN(C)C(=O)N1CCSCC1CC(=O)O. The highest BCUT2D eigenvalue weighted by Crippen LogP contribution is 2.38. The molecule has 6 heteroatoms. The first kappa shape index (κ1) is 14.5. The molecule has 1 saturated carbocycles. The second-order valence-corrected chi connectivity index (χ2v) is 6.81. The molecule has 108 valence electrons. The van der Waals surface area contributed by atoms with Crippen LogP contribution in [0.3, 0.4) is 0 Å². The number of hydrogen-bond donors (Lipinski definition) is 1. The van der Waals surface area contributed by atoms with Crippen LogP contribution in [0.25, 0.3) is 0 Å². The van der Waals surface area contributed by atoms with Crippen LogP contribution in [0.4, 0.5) is 4.79 Å². The molecule has 2 rings (SSSR count). The zero-order valence-electron chi connectivity index (χ0n) is 11.5. The maximum Gasteiger partial charge on any atom is 0.320 e. The highest BCUT2D eigenvalue weighted by molar-refractivity contribution is 7.99. The van der Waals surface area contributed by atoms with E-state index < -0.39 is 5.97 Å². The number of carboxylic acids is 1. The molecule has 0 aromatic carbocycles. The van der Waals surface area contributed by atoms with E-state index in [1.807, 2.05) is 7.05 Å². The molecule has 0 aromatic rings. The van der Waals surface area contributed by atoms with Crippen molar-refractivity contribution in [2.45, 2.75) is 25.8 Å². The molecule has 5 nitrogen and oxygen atoms in total. The Kier molecular flexibility index (Phi) is 4.60. The minimum Gasteiger partial charge on any atom is -0.481 e. The third-order valence-corrected chi connectivity index (χ3v) is 5.09. The average molecular weight is 286 g/mol. The number of carbonyl (C=O) groups excluding carboxylic acids is 1. The van der Waals surface area contributed by atoms with E-state index in [1.165, 1.54) is 6.42 Å². The van der Waals surface area contributed by atoms with E-state index in [0.717, 1.165) is 24.0 Å². The first-order valence-corrected chi connectivity index (χ1v) is 7.95. The number of nitrogens with zero attached hydrogens (tertiary/aromatic N) is 2. The summed E-state index contributed by atoms with van der Waals surface area (Å²) in [6.07, 6.45) is 1.25. The van der Waals surface area contributed by atoms with Gasteiger partial charge in [-0.1, -0.05) is 6.92 Å². The number of thioether (sulfide) groups is 1. The molecular formula is C13H22N2O3S. The van der Waals surface area contributed by atoms with Crippen LogP contribution in [-0.2, 0) is 4.79 Å². The van der Waals surface area contributed by atoms with Crippen LogP contribution in [-0.4, -0.2) is 64.6 Å². The fourth-order valence-electron chi connectivity index (χ4n) is 2.58. The number of carbonyl (C=O) groups is 2.